The molecule has 0 aliphatic rings. The SMILES string of the molecule is O=C([O-])C(=O)CCc1cccc(C(F)(F)F)c1. The second kappa shape index (κ2) is 4.99. The molecule has 92 valence electrons. The van der Waals surface area contributed by atoms with Crippen molar-refractivity contribution in [2.75, 3.05) is 0 Å². The number of benzene rings is 1. The van der Waals surface area contributed by atoms with E-state index in [1.807, 2.05) is 0 Å². The van der Waals surface area contributed by atoms with Crippen LogP contribution < -0.4 is 5.11 Å². The molecule has 0 radical (unpaired) electrons. The number of ketones is 1. The number of halogens is 3. The minimum Gasteiger partial charge on any atom is -0.542 e. The molecule has 0 spiro atoms. The third-order valence-electron chi connectivity index (χ3n) is 2.12. The Bertz CT molecular complexity index is 438. The molecule has 0 saturated carbocycles. The molecule has 0 aromatic heterocycles. The van der Waals surface area contributed by atoms with Crippen molar-refractivity contribution in [2.24, 2.45) is 0 Å². The molecule has 0 bridgehead atoms. The number of alkyl halides is 3. The van der Waals surface area contributed by atoms with Gasteiger partial charge in [0.2, 0.25) is 0 Å². The third-order valence-corrected chi connectivity index (χ3v) is 2.12. The van der Waals surface area contributed by atoms with Crippen LogP contribution in [0.1, 0.15) is 17.5 Å². The van der Waals surface area contributed by atoms with Gasteiger partial charge in [-0.05, 0) is 18.1 Å². The van der Waals surface area contributed by atoms with E-state index in [1.54, 1.807) is 0 Å². The van der Waals surface area contributed by atoms with E-state index in [-0.39, 0.29) is 18.4 Å². The lowest BCUT2D eigenvalue weighted by molar-refractivity contribution is -0.300. The Morgan fingerprint density at radius 2 is 1.88 bits per heavy atom. The number of aliphatic carboxylic acids is 1. The summed E-state index contributed by atoms with van der Waals surface area (Å²) in [5.41, 5.74) is -0.565. The van der Waals surface area contributed by atoms with Crippen molar-refractivity contribution in [1.82, 2.24) is 0 Å². The van der Waals surface area contributed by atoms with E-state index < -0.39 is 23.5 Å². The average molecular weight is 245 g/mol. The zero-order valence-electron chi connectivity index (χ0n) is 8.58. The van der Waals surface area contributed by atoms with Crippen LogP contribution in [-0.2, 0) is 22.2 Å². The minimum absolute atomic E-state index is 0.0588. The number of aryl methyl sites for hydroxylation is 1. The second-order valence-corrected chi connectivity index (χ2v) is 3.41. The van der Waals surface area contributed by atoms with E-state index in [0.29, 0.717) is 0 Å². The highest BCUT2D eigenvalue weighted by atomic mass is 19.4. The van der Waals surface area contributed by atoms with Gasteiger partial charge in [0.15, 0.2) is 5.78 Å². The fourth-order valence-electron chi connectivity index (χ4n) is 1.26. The van der Waals surface area contributed by atoms with Gasteiger partial charge in [-0.1, -0.05) is 18.2 Å². The van der Waals surface area contributed by atoms with Crippen molar-refractivity contribution in [1.29, 1.82) is 0 Å². The molecule has 1 aromatic rings. The van der Waals surface area contributed by atoms with Crippen molar-refractivity contribution in [2.45, 2.75) is 19.0 Å². The van der Waals surface area contributed by atoms with E-state index in [0.717, 1.165) is 12.1 Å². The molecule has 0 unspecified atom stereocenters. The smallest absolute Gasteiger partial charge is 0.416 e. The van der Waals surface area contributed by atoms with Gasteiger partial charge in [-0.15, -0.1) is 0 Å². The summed E-state index contributed by atoms with van der Waals surface area (Å²) in [5.74, 6) is -2.95. The Morgan fingerprint density at radius 1 is 1.24 bits per heavy atom. The Morgan fingerprint density at radius 3 is 2.41 bits per heavy atom. The van der Waals surface area contributed by atoms with E-state index >= 15 is 0 Å². The van der Waals surface area contributed by atoms with Gasteiger partial charge in [-0.2, -0.15) is 13.2 Å². The Kier molecular flexibility index (Phi) is 3.88. The van der Waals surface area contributed by atoms with Crippen molar-refractivity contribution in [3.63, 3.8) is 0 Å². The number of hydrogen-bond acceptors (Lipinski definition) is 3. The van der Waals surface area contributed by atoms with Gasteiger partial charge < -0.3 is 9.90 Å². The largest absolute Gasteiger partial charge is 0.542 e. The molecular weight excluding hydrogens is 237 g/mol. The Balaban J connectivity index is 2.73. The molecule has 0 heterocycles. The Labute approximate surface area is 94.9 Å². The van der Waals surface area contributed by atoms with Crippen molar-refractivity contribution in [3.05, 3.63) is 35.4 Å². The summed E-state index contributed by atoms with van der Waals surface area (Å²) < 4.78 is 37.0. The van der Waals surface area contributed by atoms with E-state index in [4.69, 9.17) is 0 Å². The van der Waals surface area contributed by atoms with Crippen molar-refractivity contribution in [3.8, 4) is 0 Å². The van der Waals surface area contributed by atoms with Crippen molar-refractivity contribution >= 4 is 11.8 Å². The van der Waals surface area contributed by atoms with Crippen LogP contribution in [0.3, 0.4) is 0 Å². The molecule has 0 N–H and O–H groups in total. The number of Topliss-reactive ketones (excluding diaryl/α,β-unsaturated/α-hetero) is 1. The van der Waals surface area contributed by atoms with E-state index in [9.17, 15) is 27.9 Å². The van der Waals surface area contributed by atoms with Crippen LogP contribution in [0.25, 0.3) is 0 Å². The van der Waals surface area contributed by atoms with E-state index in [1.165, 1.54) is 12.1 Å². The first-order valence-electron chi connectivity index (χ1n) is 4.71. The standard InChI is InChI=1S/C11H9F3O3/c12-11(13,14)8-3-1-2-7(6-8)4-5-9(15)10(16)17/h1-3,6H,4-5H2,(H,16,17)/p-1. The summed E-state index contributed by atoms with van der Waals surface area (Å²) in [4.78, 5) is 20.8. The fraction of sp³-hybridized carbons (Fsp3) is 0.273. The van der Waals surface area contributed by atoms with Crippen LogP contribution in [0, 0.1) is 0 Å². The molecule has 0 saturated heterocycles. The summed E-state index contributed by atoms with van der Waals surface area (Å²) in [7, 11) is 0. The number of carboxylic acid groups (broad SMARTS) is 1. The van der Waals surface area contributed by atoms with Gasteiger partial charge in [-0.25, -0.2) is 0 Å². The lowest BCUT2D eigenvalue weighted by Gasteiger charge is -2.08. The molecule has 0 fully saturated rings. The Hall–Kier alpha value is -1.85. The van der Waals surface area contributed by atoms with E-state index in [2.05, 4.69) is 0 Å². The number of carboxylic acids is 1. The highest BCUT2D eigenvalue weighted by Gasteiger charge is 2.30. The first kappa shape index (κ1) is 13.2. The van der Waals surface area contributed by atoms with Crippen LogP contribution in [0.15, 0.2) is 24.3 Å². The van der Waals surface area contributed by atoms with Crippen molar-refractivity contribution < 1.29 is 27.9 Å². The van der Waals surface area contributed by atoms with Gasteiger partial charge in [0, 0.05) is 6.42 Å². The highest BCUT2D eigenvalue weighted by molar-refractivity contribution is 6.31. The number of carbonyl (C=O) groups is 2. The normalized spacial score (nSPS) is 11.2. The predicted molar refractivity (Wildman–Crippen MR) is 49.8 cm³/mol. The second-order valence-electron chi connectivity index (χ2n) is 3.41. The van der Waals surface area contributed by atoms with Crippen LogP contribution in [0.2, 0.25) is 0 Å². The van der Waals surface area contributed by atoms with Crippen LogP contribution in [0.5, 0.6) is 0 Å². The number of rotatable bonds is 4. The maximum absolute atomic E-state index is 12.3. The van der Waals surface area contributed by atoms with Gasteiger partial charge in [0.1, 0.15) is 5.97 Å². The summed E-state index contributed by atoms with van der Waals surface area (Å²) in [5, 5.41) is 10.1. The predicted octanol–water partition coefficient (Wildman–Crippen LogP) is 0.957. The maximum atomic E-state index is 12.3. The first-order chi connectivity index (χ1) is 7.80. The quantitative estimate of drug-likeness (QED) is 0.742. The molecule has 1 aromatic carbocycles. The molecule has 6 heteroatoms. The maximum Gasteiger partial charge on any atom is 0.416 e. The monoisotopic (exact) mass is 245 g/mol. The van der Waals surface area contributed by atoms with Gasteiger partial charge in [0.05, 0.1) is 5.56 Å². The molecule has 0 amide bonds. The van der Waals surface area contributed by atoms with Crippen LogP contribution in [-0.4, -0.2) is 11.8 Å². The molecule has 0 aliphatic carbocycles. The lowest BCUT2D eigenvalue weighted by atomic mass is 10.0. The summed E-state index contributed by atoms with van der Waals surface area (Å²) >= 11 is 0. The molecule has 0 atom stereocenters. The van der Waals surface area contributed by atoms with Crippen LogP contribution >= 0.6 is 0 Å². The molecule has 1 rings (SSSR count). The van der Waals surface area contributed by atoms with Gasteiger partial charge in [-0.3, -0.25) is 4.79 Å². The zero-order chi connectivity index (χ0) is 13.1. The average Bonchev–Trinajstić information content (AvgIpc) is 2.25. The first-order valence-corrected chi connectivity index (χ1v) is 4.71. The van der Waals surface area contributed by atoms with Gasteiger partial charge in [0.25, 0.3) is 0 Å². The molecule has 17 heavy (non-hydrogen) atoms. The molecule has 0 aliphatic heterocycles. The fourth-order valence-corrected chi connectivity index (χ4v) is 1.26. The summed E-state index contributed by atoms with van der Waals surface area (Å²) in [6.45, 7) is 0. The third kappa shape index (κ3) is 3.90. The minimum atomic E-state index is -4.45. The lowest BCUT2D eigenvalue weighted by Crippen LogP contribution is -2.31. The topological polar surface area (TPSA) is 57.2 Å². The van der Waals surface area contributed by atoms with Crippen LogP contribution in [0.4, 0.5) is 13.2 Å². The summed E-state index contributed by atoms with van der Waals surface area (Å²) in [6, 6.07) is 4.41. The summed E-state index contributed by atoms with van der Waals surface area (Å²) in [6.07, 6.45) is -4.88. The highest BCUT2D eigenvalue weighted by Crippen LogP contribution is 2.29. The van der Waals surface area contributed by atoms with Gasteiger partial charge >= 0.3 is 6.18 Å². The number of carbonyl (C=O) groups excluding carboxylic acids is 2. The molecular formula is C11H8F3O3-. The number of hydrogen-bond donors (Lipinski definition) is 0. The molecule has 3 nitrogen and oxygen atoms in total. The zero-order valence-corrected chi connectivity index (χ0v) is 8.58.